The first-order valence-corrected chi connectivity index (χ1v) is 15.3. The Morgan fingerprint density at radius 2 is 1.93 bits per heavy atom. The lowest BCUT2D eigenvalue weighted by atomic mass is 9.76. The molecular formula is C33H43ClFN5O4. The third-order valence-electron chi connectivity index (χ3n) is 8.08. The lowest BCUT2D eigenvalue weighted by Gasteiger charge is -2.39. The second kappa shape index (κ2) is 17.4. The molecule has 2 aliphatic heterocycles. The Kier molecular flexibility index (Phi) is 14.1. The molecule has 2 atom stereocenters. The molecule has 1 aromatic heterocycles. The molecule has 1 aromatic carbocycles. The predicted molar refractivity (Wildman–Crippen MR) is 167 cm³/mol. The Morgan fingerprint density at radius 3 is 2.41 bits per heavy atom. The number of aromatic nitrogens is 2. The molecule has 11 heteroatoms. The predicted octanol–water partition coefficient (Wildman–Crippen LogP) is 5.23. The van der Waals surface area contributed by atoms with E-state index in [4.69, 9.17) is 21.6 Å². The maximum atomic E-state index is 15.2. The quantitative estimate of drug-likeness (QED) is 0.314. The first-order chi connectivity index (χ1) is 21.1. The van der Waals surface area contributed by atoms with Crippen LogP contribution in [0.3, 0.4) is 0 Å². The van der Waals surface area contributed by atoms with Crippen LogP contribution in [0.15, 0.2) is 47.8 Å². The summed E-state index contributed by atoms with van der Waals surface area (Å²) in [4.78, 5) is 23.5. The van der Waals surface area contributed by atoms with Gasteiger partial charge >= 0.3 is 0 Å². The zero-order valence-electron chi connectivity index (χ0n) is 25.8. The molecule has 2 aromatic rings. The number of hydrogen-bond donors (Lipinski definition) is 2. The van der Waals surface area contributed by atoms with Gasteiger partial charge in [0.15, 0.2) is 6.29 Å². The fourth-order valence-corrected chi connectivity index (χ4v) is 5.40. The van der Waals surface area contributed by atoms with Crippen LogP contribution in [0.2, 0.25) is 0 Å². The van der Waals surface area contributed by atoms with Crippen LogP contribution in [0.1, 0.15) is 84.5 Å². The number of aliphatic hydroxyl groups is 2. The number of benzene rings is 1. The minimum atomic E-state index is -1.43. The summed E-state index contributed by atoms with van der Waals surface area (Å²) in [5.74, 6) is -0.497. The molecule has 5 rings (SSSR count). The molecule has 2 fully saturated rings. The van der Waals surface area contributed by atoms with E-state index in [2.05, 4.69) is 20.9 Å². The maximum Gasteiger partial charge on any atom is 0.150 e. The monoisotopic (exact) mass is 627 g/mol. The van der Waals surface area contributed by atoms with E-state index in [0.717, 1.165) is 57.0 Å². The highest BCUT2D eigenvalue weighted by Crippen LogP contribution is 2.38. The smallest absolute Gasteiger partial charge is 0.150 e. The molecule has 0 radical (unpaired) electrons. The zero-order chi connectivity index (χ0) is 32.1. The van der Waals surface area contributed by atoms with Gasteiger partial charge in [0.25, 0.3) is 0 Å². The van der Waals surface area contributed by atoms with Gasteiger partial charge in [-0.05, 0) is 102 Å². The maximum absolute atomic E-state index is 15.2. The number of carbonyl (C=O) groups is 1. The van der Waals surface area contributed by atoms with Gasteiger partial charge in [-0.3, -0.25) is 9.69 Å². The molecule has 0 spiro atoms. The molecular weight excluding hydrogens is 585 g/mol. The van der Waals surface area contributed by atoms with E-state index in [0.29, 0.717) is 23.2 Å². The fourth-order valence-electron chi connectivity index (χ4n) is 5.22. The Balaban J connectivity index is 0.000000362. The van der Waals surface area contributed by atoms with Crippen molar-refractivity contribution in [2.75, 3.05) is 40.4 Å². The van der Waals surface area contributed by atoms with Crippen molar-refractivity contribution in [3.05, 3.63) is 81.7 Å². The number of aldehydes is 1. The van der Waals surface area contributed by atoms with Gasteiger partial charge in [-0.1, -0.05) is 23.8 Å². The van der Waals surface area contributed by atoms with Gasteiger partial charge in [0, 0.05) is 41.8 Å². The summed E-state index contributed by atoms with van der Waals surface area (Å²) in [6.07, 6.45) is 14.0. The van der Waals surface area contributed by atoms with Crippen molar-refractivity contribution in [2.24, 2.45) is 5.92 Å². The number of piperidine rings is 1. The number of carbonyl (C=O) groups excluding carboxylic acids is 1. The van der Waals surface area contributed by atoms with E-state index in [1.807, 2.05) is 25.3 Å². The molecule has 3 heterocycles. The summed E-state index contributed by atoms with van der Waals surface area (Å²) in [7, 11) is 3.56. The average Bonchev–Trinajstić information content (AvgIpc) is 3.62. The van der Waals surface area contributed by atoms with Crippen molar-refractivity contribution in [1.82, 2.24) is 19.8 Å². The van der Waals surface area contributed by atoms with Crippen molar-refractivity contribution < 1.29 is 24.1 Å². The number of likely N-dealkylation sites (tertiary alicyclic amines) is 1. The van der Waals surface area contributed by atoms with Gasteiger partial charge in [0.2, 0.25) is 0 Å². The first-order valence-electron chi connectivity index (χ1n) is 14.9. The van der Waals surface area contributed by atoms with Crippen LogP contribution < -0.4 is 0 Å². The zero-order valence-corrected chi connectivity index (χ0v) is 26.5. The van der Waals surface area contributed by atoms with Crippen LogP contribution in [0.25, 0.3) is 0 Å². The highest BCUT2D eigenvalue weighted by atomic mass is 35.5. The molecule has 238 valence electrons. The topological polar surface area (TPSA) is 123 Å². The van der Waals surface area contributed by atoms with E-state index in [1.54, 1.807) is 14.0 Å². The molecule has 0 bridgehead atoms. The Morgan fingerprint density at radius 1 is 1.27 bits per heavy atom. The third-order valence-corrected chi connectivity index (χ3v) is 8.39. The fraction of sp³-hybridized carbons (Fsp3) is 0.515. The number of nitriles is 1. The molecule has 2 unspecified atom stereocenters. The van der Waals surface area contributed by atoms with Crippen LogP contribution in [-0.4, -0.2) is 76.7 Å². The van der Waals surface area contributed by atoms with Gasteiger partial charge in [0.1, 0.15) is 23.9 Å². The lowest BCUT2D eigenvalue weighted by Crippen LogP contribution is -2.40. The number of halogens is 2. The third kappa shape index (κ3) is 10.3. The summed E-state index contributed by atoms with van der Waals surface area (Å²) in [6, 6.07) is 4.58. The average molecular weight is 628 g/mol. The van der Waals surface area contributed by atoms with Gasteiger partial charge < -0.3 is 19.8 Å². The van der Waals surface area contributed by atoms with E-state index < -0.39 is 17.6 Å². The normalized spacial score (nSPS) is 19.0. The van der Waals surface area contributed by atoms with Crippen LogP contribution in [0.5, 0.6) is 0 Å². The summed E-state index contributed by atoms with van der Waals surface area (Å²) in [5.41, 5.74) is -0.863. The highest BCUT2D eigenvalue weighted by Gasteiger charge is 2.37. The molecule has 44 heavy (non-hydrogen) atoms. The Bertz CT molecular complexity index is 1310. The van der Waals surface area contributed by atoms with Crippen LogP contribution in [0.4, 0.5) is 4.39 Å². The van der Waals surface area contributed by atoms with Crippen molar-refractivity contribution >= 4 is 17.9 Å². The number of nitrogens with zero attached hydrogens (tertiary/aromatic N) is 5. The highest BCUT2D eigenvalue weighted by molar-refractivity contribution is 6.29. The number of ether oxygens (including phenoxy) is 1. The summed E-state index contributed by atoms with van der Waals surface area (Å²) >= 11 is 5.63. The molecule has 9 nitrogen and oxygen atoms in total. The second-order valence-corrected chi connectivity index (χ2v) is 12.0. The van der Waals surface area contributed by atoms with Gasteiger partial charge in [-0.25, -0.2) is 14.4 Å². The van der Waals surface area contributed by atoms with E-state index >= 15 is 4.39 Å². The Labute approximate surface area is 264 Å². The van der Waals surface area contributed by atoms with Crippen molar-refractivity contribution in [3.8, 4) is 6.07 Å². The van der Waals surface area contributed by atoms with Crippen molar-refractivity contribution in [3.63, 3.8) is 0 Å². The Hall–Kier alpha value is -3.04. The second-order valence-electron chi connectivity index (χ2n) is 11.5. The number of rotatable bonds is 7. The van der Waals surface area contributed by atoms with Gasteiger partial charge in [-0.2, -0.15) is 5.26 Å². The van der Waals surface area contributed by atoms with Crippen molar-refractivity contribution in [1.29, 1.82) is 5.26 Å². The standard InChI is InChI=1S/C23H28FN5O3.C6H7Cl.C4H8O/c1-23(32,17-4-6-28(2)7-5-17)18-8-16(14-30)21(19(24)9-18)22(31)29(3)13-20-26-11-15(10-25)12-27-20;7-6-4-2-1-3-5-6;1-2-4-5-3-1/h8-9,11-12,14,17,22,31-32H,4-7,13H2,1-3H3;1-2,4H,3,5H2;1-4H2. The van der Waals surface area contributed by atoms with Crippen LogP contribution in [-0.2, 0) is 16.9 Å². The number of hydrogen-bond acceptors (Lipinski definition) is 9. The van der Waals surface area contributed by atoms with Crippen molar-refractivity contribution in [2.45, 2.75) is 63.8 Å². The summed E-state index contributed by atoms with van der Waals surface area (Å²) in [6.45, 7) is 5.39. The van der Waals surface area contributed by atoms with E-state index in [9.17, 15) is 15.0 Å². The van der Waals surface area contributed by atoms with E-state index in [-0.39, 0.29) is 23.6 Å². The number of aliphatic hydroxyl groups excluding tert-OH is 1. The van der Waals surface area contributed by atoms with Crippen LogP contribution in [0, 0.1) is 23.1 Å². The molecule has 1 aliphatic carbocycles. The molecule has 2 saturated heterocycles. The lowest BCUT2D eigenvalue weighted by molar-refractivity contribution is -0.0307. The van der Waals surface area contributed by atoms with Gasteiger partial charge in [0.05, 0.1) is 17.7 Å². The number of allylic oxidation sites excluding steroid dienone is 4. The molecule has 0 amide bonds. The van der Waals surface area contributed by atoms with E-state index in [1.165, 1.54) is 42.3 Å². The minimum absolute atomic E-state index is 0.0201. The SMILES string of the molecule is C1CCOC1.CN1CCC(C(C)(O)c2cc(F)c(C(O)N(C)Cc3ncc(C#N)cn3)c(C=O)c2)CC1.ClC1=CC=CCC1. The molecule has 0 saturated carbocycles. The summed E-state index contributed by atoms with van der Waals surface area (Å²) < 4.78 is 20.1. The van der Waals surface area contributed by atoms with Gasteiger partial charge in [-0.15, -0.1) is 0 Å². The molecule has 2 N–H and O–H groups in total. The summed E-state index contributed by atoms with van der Waals surface area (Å²) in [5, 5.41) is 31.8. The molecule has 3 aliphatic rings. The first kappa shape index (κ1) is 35.4. The largest absolute Gasteiger partial charge is 0.385 e. The van der Waals surface area contributed by atoms with Crippen LogP contribution >= 0.6 is 11.6 Å². The minimum Gasteiger partial charge on any atom is -0.385 e.